The van der Waals surface area contributed by atoms with Crippen molar-refractivity contribution >= 4 is 27.3 Å². The Morgan fingerprint density at radius 2 is 2.10 bits per heavy atom. The first-order chi connectivity index (χ1) is 9.27. The number of halogens is 1. The van der Waals surface area contributed by atoms with E-state index < -0.39 is 25.5 Å². The number of nitrogens with one attached hydrogen (secondary N) is 2. The van der Waals surface area contributed by atoms with Gasteiger partial charge in [0.2, 0.25) is 10.0 Å². The van der Waals surface area contributed by atoms with Crippen LogP contribution in [0.1, 0.15) is 13.8 Å². The Kier molecular flexibility index (Phi) is 5.88. The van der Waals surface area contributed by atoms with Crippen LogP contribution in [0, 0.1) is 10.1 Å². The molecule has 0 aliphatic heterocycles. The number of rotatable bonds is 7. The van der Waals surface area contributed by atoms with Gasteiger partial charge in [0.15, 0.2) is 4.90 Å². The monoisotopic (exact) mass is 321 g/mol. The third-order valence-corrected chi connectivity index (χ3v) is 4.23. The predicted molar refractivity (Wildman–Crippen MR) is 76.4 cm³/mol. The van der Waals surface area contributed by atoms with Gasteiger partial charge in [0, 0.05) is 23.7 Å². The molecular formula is C11H16ClN3O4S. The summed E-state index contributed by atoms with van der Waals surface area (Å²) >= 11 is 5.71. The number of nitrogens with zero attached hydrogens (tertiary/aromatic N) is 1. The quantitative estimate of drug-likeness (QED) is 0.585. The van der Waals surface area contributed by atoms with E-state index in [1.807, 2.05) is 6.92 Å². The highest BCUT2D eigenvalue weighted by Gasteiger charge is 2.26. The summed E-state index contributed by atoms with van der Waals surface area (Å²) < 4.78 is 26.6. The fourth-order valence-corrected chi connectivity index (χ4v) is 3.15. The van der Waals surface area contributed by atoms with Crippen LogP contribution >= 0.6 is 11.6 Å². The maximum absolute atomic E-state index is 12.1. The van der Waals surface area contributed by atoms with Gasteiger partial charge in [-0.3, -0.25) is 10.1 Å². The zero-order valence-electron chi connectivity index (χ0n) is 11.1. The molecule has 2 N–H and O–H groups in total. The van der Waals surface area contributed by atoms with Gasteiger partial charge in [-0.15, -0.1) is 0 Å². The Morgan fingerprint density at radius 1 is 1.45 bits per heavy atom. The van der Waals surface area contributed by atoms with Crippen molar-refractivity contribution < 1.29 is 13.3 Å². The molecule has 7 nitrogen and oxygen atoms in total. The summed E-state index contributed by atoms with van der Waals surface area (Å²) in [6, 6.07) is 3.33. The Balaban J connectivity index is 3.03. The molecule has 0 aliphatic carbocycles. The van der Waals surface area contributed by atoms with E-state index in [9.17, 15) is 18.5 Å². The maximum Gasteiger partial charge on any atom is 0.289 e. The molecule has 0 saturated heterocycles. The molecule has 0 aromatic heterocycles. The normalized spacial score (nSPS) is 13.2. The molecule has 0 heterocycles. The van der Waals surface area contributed by atoms with E-state index in [0.717, 1.165) is 12.1 Å². The zero-order chi connectivity index (χ0) is 15.3. The molecule has 0 bridgehead atoms. The molecule has 112 valence electrons. The van der Waals surface area contributed by atoms with Crippen LogP contribution in [0.15, 0.2) is 23.1 Å². The van der Waals surface area contributed by atoms with Crippen molar-refractivity contribution in [3.05, 3.63) is 33.3 Å². The summed E-state index contributed by atoms with van der Waals surface area (Å²) in [6.07, 6.45) is 0. The lowest BCUT2D eigenvalue weighted by Crippen LogP contribution is -2.38. The van der Waals surface area contributed by atoms with Gasteiger partial charge in [0.05, 0.1) is 4.92 Å². The standard InChI is InChI=1S/C11H16ClN3O4S/c1-3-13-8(2)7-14-20(18,19)11-6-9(12)4-5-10(11)15(16)17/h4-6,8,13-14H,3,7H2,1-2H3/t8-/m1/s1. The van der Waals surface area contributed by atoms with Crippen molar-refractivity contribution in [3.8, 4) is 0 Å². The molecule has 1 aromatic rings. The van der Waals surface area contributed by atoms with Crippen molar-refractivity contribution in [2.24, 2.45) is 0 Å². The maximum atomic E-state index is 12.1. The first-order valence-corrected chi connectivity index (χ1v) is 7.81. The second-order valence-electron chi connectivity index (χ2n) is 4.18. The summed E-state index contributed by atoms with van der Waals surface area (Å²) in [5.41, 5.74) is -0.502. The number of nitro groups is 1. The summed E-state index contributed by atoms with van der Waals surface area (Å²) in [4.78, 5) is 9.70. The predicted octanol–water partition coefficient (Wildman–Crippen LogP) is 1.52. The third-order valence-electron chi connectivity index (χ3n) is 2.54. The minimum Gasteiger partial charge on any atom is -0.313 e. The van der Waals surface area contributed by atoms with Crippen molar-refractivity contribution in [1.82, 2.24) is 10.0 Å². The largest absolute Gasteiger partial charge is 0.313 e. The van der Waals surface area contributed by atoms with Crippen LogP contribution in [0.2, 0.25) is 5.02 Å². The molecule has 1 rings (SSSR count). The first-order valence-electron chi connectivity index (χ1n) is 5.95. The number of likely N-dealkylation sites (N-methyl/N-ethyl adjacent to an activating group) is 1. The Morgan fingerprint density at radius 3 is 2.65 bits per heavy atom. The molecule has 0 aliphatic rings. The second kappa shape index (κ2) is 6.98. The van der Waals surface area contributed by atoms with Gasteiger partial charge < -0.3 is 5.32 Å². The number of sulfonamides is 1. The van der Waals surface area contributed by atoms with Crippen LogP contribution in [0.4, 0.5) is 5.69 Å². The molecular weight excluding hydrogens is 306 g/mol. The molecule has 9 heteroatoms. The molecule has 0 amide bonds. The topological polar surface area (TPSA) is 101 Å². The van der Waals surface area contributed by atoms with Crippen molar-refractivity contribution in [1.29, 1.82) is 0 Å². The Labute approximate surface area is 122 Å². The molecule has 0 radical (unpaired) electrons. The van der Waals surface area contributed by atoms with Gasteiger partial charge >= 0.3 is 0 Å². The second-order valence-corrected chi connectivity index (χ2v) is 6.35. The molecule has 1 atom stereocenters. The van der Waals surface area contributed by atoms with Crippen LogP contribution in [0.5, 0.6) is 0 Å². The fraction of sp³-hybridized carbons (Fsp3) is 0.455. The highest BCUT2D eigenvalue weighted by molar-refractivity contribution is 7.89. The van der Waals surface area contributed by atoms with E-state index in [0.29, 0.717) is 6.54 Å². The van der Waals surface area contributed by atoms with Gasteiger partial charge in [-0.25, -0.2) is 13.1 Å². The van der Waals surface area contributed by atoms with E-state index in [2.05, 4.69) is 10.0 Å². The molecule has 1 aromatic carbocycles. The summed E-state index contributed by atoms with van der Waals surface area (Å²) in [5, 5.41) is 14.0. The average Bonchev–Trinajstić information content (AvgIpc) is 2.36. The molecule has 0 unspecified atom stereocenters. The SMILES string of the molecule is CCN[C@H](C)CNS(=O)(=O)c1cc(Cl)ccc1[N+](=O)[O-]. The highest BCUT2D eigenvalue weighted by atomic mass is 35.5. The van der Waals surface area contributed by atoms with Gasteiger partial charge in [-0.05, 0) is 25.6 Å². The lowest BCUT2D eigenvalue weighted by Gasteiger charge is -2.13. The average molecular weight is 322 g/mol. The Hall–Kier alpha value is -1.22. The Bertz CT molecular complexity index is 591. The van der Waals surface area contributed by atoms with Gasteiger partial charge in [-0.2, -0.15) is 0 Å². The highest BCUT2D eigenvalue weighted by Crippen LogP contribution is 2.26. The van der Waals surface area contributed by atoms with Crippen LogP contribution in [0.3, 0.4) is 0 Å². The number of nitro benzene ring substituents is 1. The van der Waals surface area contributed by atoms with E-state index in [1.165, 1.54) is 6.07 Å². The number of hydrogen-bond acceptors (Lipinski definition) is 5. The van der Waals surface area contributed by atoms with Crippen LogP contribution in [-0.4, -0.2) is 32.5 Å². The molecule has 0 spiro atoms. The first kappa shape index (κ1) is 16.8. The molecule has 20 heavy (non-hydrogen) atoms. The van der Waals surface area contributed by atoms with Crippen molar-refractivity contribution in [2.75, 3.05) is 13.1 Å². The van der Waals surface area contributed by atoms with E-state index >= 15 is 0 Å². The van der Waals surface area contributed by atoms with Crippen LogP contribution in [-0.2, 0) is 10.0 Å². The van der Waals surface area contributed by atoms with Crippen LogP contribution < -0.4 is 10.0 Å². The minimum absolute atomic E-state index is 0.0898. The summed E-state index contributed by atoms with van der Waals surface area (Å²) in [5.74, 6) is 0. The smallest absolute Gasteiger partial charge is 0.289 e. The lowest BCUT2D eigenvalue weighted by molar-refractivity contribution is -0.387. The summed E-state index contributed by atoms with van der Waals surface area (Å²) in [6.45, 7) is 4.52. The van der Waals surface area contributed by atoms with E-state index in [4.69, 9.17) is 11.6 Å². The van der Waals surface area contributed by atoms with E-state index in [1.54, 1.807) is 6.92 Å². The third kappa shape index (κ3) is 4.41. The van der Waals surface area contributed by atoms with Crippen LogP contribution in [0.25, 0.3) is 0 Å². The zero-order valence-corrected chi connectivity index (χ0v) is 12.7. The van der Waals surface area contributed by atoms with Crippen molar-refractivity contribution in [2.45, 2.75) is 24.8 Å². The number of benzene rings is 1. The number of hydrogen-bond donors (Lipinski definition) is 2. The van der Waals surface area contributed by atoms with E-state index in [-0.39, 0.29) is 17.6 Å². The van der Waals surface area contributed by atoms with Gasteiger partial charge in [0.25, 0.3) is 5.69 Å². The van der Waals surface area contributed by atoms with Gasteiger partial charge in [-0.1, -0.05) is 18.5 Å². The lowest BCUT2D eigenvalue weighted by atomic mass is 10.3. The van der Waals surface area contributed by atoms with Crippen molar-refractivity contribution in [3.63, 3.8) is 0 Å². The molecule has 0 fully saturated rings. The van der Waals surface area contributed by atoms with Gasteiger partial charge in [0.1, 0.15) is 0 Å². The molecule has 0 saturated carbocycles. The minimum atomic E-state index is -3.99. The summed E-state index contributed by atoms with van der Waals surface area (Å²) in [7, 11) is -3.99. The fourth-order valence-electron chi connectivity index (χ4n) is 1.59.